The molecule has 1 fully saturated rings. The number of anilines is 1. The molecule has 0 aliphatic carbocycles. The average Bonchev–Trinajstić information content (AvgIpc) is 3.07. The Morgan fingerprint density at radius 2 is 2.04 bits per heavy atom. The van der Waals surface area contributed by atoms with E-state index < -0.39 is 0 Å². The predicted octanol–water partition coefficient (Wildman–Crippen LogP) is 2.01. The van der Waals surface area contributed by atoms with Gasteiger partial charge in [-0.1, -0.05) is 25.1 Å². The molecular weight excluding hydrogens is 314 g/mol. The molecule has 1 aromatic rings. The summed E-state index contributed by atoms with van der Waals surface area (Å²) in [4.78, 5) is 19.6. The van der Waals surface area contributed by atoms with Crippen molar-refractivity contribution in [3.05, 3.63) is 29.8 Å². The minimum absolute atomic E-state index is 0.238. The van der Waals surface area contributed by atoms with Crippen LogP contribution in [-0.4, -0.2) is 74.2 Å². The molecular formula is C20H31N3O2. The summed E-state index contributed by atoms with van der Waals surface area (Å²) in [6.07, 6.45) is 2.09. The van der Waals surface area contributed by atoms with Crippen LogP contribution in [0, 0.1) is 0 Å². The summed E-state index contributed by atoms with van der Waals surface area (Å²) >= 11 is 0. The number of hydrogen-bond donors (Lipinski definition) is 0. The van der Waals surface area contributed by atoms with E-state index in [-0.39, 0.29) is 5.91 Å². The van der Waals surface area contributed by atoms with E-state index in [0.717, 1.165) is 64.5 Å². The Balaban J connectivity index is 1.53. The summed E-state index contributed by atoms with van der Waals surface area (Å²) < 4.78 is 5.51. The van der Waals surface area contributed by atoms with Gasteiger partial charge in [0.1, 0.15) is 0 Å². The average molecular weight is 345 g/mol. The standard InChI is InChI=1S/C20H31N3O2/c1-3-18-15-21(11-12-22(18)13-14-25-4-2)16-20(24)23-10-9-17-7-5-6-8-19(17)23/h5-8,18H,3-4,9-16H2,1-2H3. The summed E-state index contributed by atoms with van der Waals surface area (Å²) in [6, 6.07) is 8.80. The molecule has 2 heterocycles. The summed E-state index contributed by atoms with van der Waals surface area (Å²) in [5.74, 6) is 0.238. The molecule has 0 saturated carbocycles. The number of piperazine rings is 1. The number of para-hydroxylation sites is 1. The number of nitrogens with zero attached hydrogens (tertiary/aromatic N) is 3. The molecule has 1 amide bonds. The fourth-order valence-electron chi connectivity index (χ4n) is 3.98. The van der Waals surface area contributed by atoms with Crippen LogP contribution in [0.5, 0.6) is 0 Å². The molecule has 1 saturated heterocycles. The zero-order valence-corrected chi connectivity index (χ0v) is 15.6. The molecule has 0 spiro atoms. The van der Waals surface area contributed by atoms with Crippen molar-refractivity contribution in [1.82, 2.24) is 9.80 Å². The first-order valence-electron chi connectivity index (χ1n) is 9.65. The summed E-state index contributed by atoms with van der Waals surface area (Å²) in [6.45, 7) is 11.2. The first-order valence-corrected chi connectivity index (χ1v) is 9.65. The third-order valence-electron chi connectivity index (χ3n) is 5.43. The second kappa shape index (κ2) is 8.79. The minimum atomic E-state index is 0.238. The first-order chi connectivity index (χ1) is 12.2. The lowest BCUT2D eigenvalue weighted by molar-refractivity contribution is -0.120. The number of amides is 1. The van der Waals surface area contributed by atoms with Gasteiger partial charge in [-0.15, -0.1) is 0 Å². The molecule has 2 aliphatic rings. The fraction of sp³-hybridized carbons (Fsp3) is 0.650. The van der Waals surface area contributed by atoms with Crippen LogP contribution in [-0.2, 0) is 16.0 Å². The smallest absolute Gasteiger partial charge is 0.241 e. The molecule has 138 valence electrons. The van der Waals surface area contributed by atoms with Gasteiger partial charge in [-0.25, -0.2) is 0 Å². The van der Waals surface area contributed by atoms with Gasteiger partial charge >= 0.3 is 0 Å². The van der Waals surface area contributed by atoms with E-state index in [9.17, 15) is 4.79 Å². The molecule has 0 N–H and O–H groups in total. The van der Waals surface area contributed by atoms with Crippen molar-refractivity contribution in [2.24, 2.45) is 0 Å². The van der Waals surface area contributed by atoms with Crippen molar-refractivity contribution in [2.45, 2.75) is 32.7 Å². The molecule has 3 rings (SSSR count). The largest absolute Gasteiger partial charge is 0.380 e. The number of carbonyl (C=O) groups is 1. The molecule has 0 bridgehead atoms. The Bertz CT molecular complexity index is 578. The normalized spacial score (nSPS) is 21.5. The van der Waals surface area contributed by atoms with Crippen LogP contribution in [0.2, 0.25) is 0 Å². The number of benzene rings is 1. The lowest BCUT2D eigenvalue weighted by atomic mass is 10.1. The van der Waals surface area contributed by atoms with Crippen molar-refractivity contribution < 1.29 is 9.53 Å². The van der Waals surface area contributed by atoms with E-state index in [0.29, 0.717) is 12.6 Å². The van der Waals surface area contributed by atoms with Gasteiger partial charge in [-0.05, 0) is 31.4 Å². The van der Waals surface area contributed by atoms with Gasteiger partial charge < -0.3 is 9.64 Å². The Morgan fingerprint density at radius 3 is 2.84 bits per heavy atom. The summed E-state index contributed by atoms with van der Waals surface area (Å²) in [5.41, 5.74) is 2.40. The van der Waals surface area contributed by atoms with E-state index in [1.165, 1.54) is 5.56 Å². The van der Waals surface area contributed by atoms with Crippen molar-refractivity contribution in [1.29, 1.82) is 0 Å². The van der Waals surface area contributed by atoms with Crippen LogP contribution in [0.15, 0.2) is 24.3 Å². The van der Waals surface area contributed by atoms with Crippen LogP contribution < -0.4 is 4.90 Å². The Morgan fingerprint density at radius 1 is 1.20 bits per heavy atom. The molecule has 0 aromatic heterocycles. The Hall–Kier alpha value is -1.43. The second-order valence-electron chi connectivity index (χ2n) is 6.95. The van der Waals surface area contributed by atoms with Crippen molar-refractivity contribution >= 4 is 11.6 Å². The van der Waals surface area contributed by atoms with E-state index in [2.05, 4.69) is 34.9 Å². The van der Waals surface area contributed by atoms with Crippen LogP contribution in [0.3, 0.4) is 0 Å². The van der Waals surface area contributed by atoms with Gasteiger partial charge in [0.15, 0.2) is 0 Å². The number of carbonyl (C=O) groups excluding carboxylic acids is 1. The molecule has 1 atom stereocenters. The highest BCUT2D eigenvalue weighted by Crippen LogP contribution is 2.27. The van der Waals surface area contributed by atoms with Crippen molar-refractivity contribution in [3.63, 3.8) is 0 Å². The molecule has 5 heteroatoms. The van der Waals surface area contributed by atoms with E-state index >= 15 is 0 Å². The minimum Gasteiger partial charge on any atom is -0.380 e. The van der Waals surface area contributed by atoms with Crippen molar-refractivity contribution in [2.75, 3.05) is 57.4 Å². The van der Waals surface area contributed by atoms with E-state index in [1.54, 1.807) is 0 Å². The van der Waals surface area contributed by atoms with Crippen molar-refractivity contribution in [3.8, 4) is 0 Å². The van der Waals surface area contributed by atoms with Crippen LogP contribution in [0.1, 0.15) is 25.8 Å². The lowest BCUT2D eigenvalue weighted by Gasteiger charge is -2.41. The SMILES string of the molecule is CCOCCN1CCN(CC(=O)N2CCc3ccccc32)CC1CC. The molecule has 1 aromatic carbocycles. The molecule has 1 unspecified atom stereocenters. The second-order valence-corrected chi connectivity index (χ2v) is 6.95. The van der Waals surface area contributed by atoms with Crippen LogP contribution in [0.4, 0.5) is 5.69 Å². The Kier molecular flexibility index (Phi) is 6.45. The van der Waals surface area contributed by atoms with Gasteiger partial charge in [0.2, 0.25) is 5.91 Å². The van der Waals surface area contributed by atoms with Gasteiger partial charge in [0, 0.05) is 51.1 Å². The molecule has 2 aliphatic heterocycles. The van der Waals surface area contributed by atoms with Gasteiger partial charge in [0.25, 0.3) is 0 Å². The third-order valence-corrected chi connectivity index (χ3v) is 5.43. The molecule has 5 nitrogen and oxygen atoms in total. The zero-order valence-electron chi connectivity index (χ0n) is 15.6. The van der Waals surface area contributed by atoms with Crippen LogP contribution in [0.25, 0.3) is 0 Å². The van der Waals surface area contributed by atoms with E-state index in [4.69, 9.17) is 4.74 Å². The summed E-state index contributed by atoms with van der Waals surface area (Å²) in [7, 11) is 0. The highest BCUT2D eigenvalue weighted by atomic mass is 16.5. The maximum absolute atomic E-state index is 12.8. The van der Waals surface area contributed by atoms with Crippen LogP contribution >= 0.6 is 0 Å². The lowest BCUT2D eigenvalue weighted by Crippen LogP contribution is -2.55. The monoisotopic (exact) mass is 345 g/mol. The highest BCUT2D eigenvalue weighted by Gasteiger charge is 2.29. The van der Waals surface area contributed by atoms with E-state index in [1.807, 2.05) is 17.9 Å². The Labute approximate surface area is 151 Å². The molecule has 0 radical (unpaired) electrons. The van der Waals surface area contributed by atoms with Gasteiger partial charge in [-0.2, -0.15) is 0 Å². The number of fused-ring (bicyclic) bond motifs is 1. The fourth-order valence-corrected chi connectivity index (χ4v) is 3.98. The highest BCUT2D eigenvalue weighted by molar-refractivity contribution is 5.96. The third kappa shape index (κ3) is 4.40. The number of hydrogen-bond acceptors (Lipinski definition) is 4. The van der Waals surface area contributed by atoms with Gasteiger partial charge in [-0.3, -0.25) is 14.6 Å². The maximum Gasteiger partial charge on any atom is 0.241 e. The zero-order chi connectivity index (χ0) is 17.6. The van der Waals surface area contributed by atoms with Gasteiger partial charge in [0.05, 0.1) is 13.2 Å². The molecule has 25 heavy (non-hydrogen) atoms. The summed E-state index contributed by atoms with van der Waals surface area (Å²) in [5, 5.41) is 0. The number of rotatable bonds is 7. The maximum atomic E-state index is 12.8. The first kappa shape index (κ1) is 18.4. The quantitative estimate of drug-likeness (QED) is 0.708. The predicted molar refractivity (Wildman–Crippen MR) is 101 cm³/mol. The topological polar surface area (TPSA) is 36.0 Å². The number of ether oxygens (including phenoxy) is 1.